The van der Waals surface area contributed by atoms with Crippen molar-refractivity contribution < 1.29 is 9.53 Å². The van der Waals surface area contributed by atoms with Crippen molar-refractivity contribution in [2.75, 3.05) is 6.61 Å². The van der Waals surface area contributed by atoms with Crippen LogP contribution in [0.4, 0.5) is 0 Å². The Morgan fingerprint density at radius 3 is 2.85 bits per heavy atom. The van der Waals surface area contributed by atoms with E-state index < -0.39 is 0 Å². The first-order valence-electron chi connectivity index (χ1n) is 5.00. The molecule has 2 unspecified atom stereocenters. The van der Waals surface area contributed by atoms with Gasteiger partial charge in [0.15, 0.2) is 0 Å². The number of amides is 1. The minimum Gasteiger partial charge on any atom is -0.378 e. The molecular formula is C10H19NO2. The highest BCUT2D eigenvalue weighted by Crippen LogP contribution is 2.24. The third-order valence-electron chi connectivity index (χ3n) is 2.50. The molecule has 0 bridgehead atoms. The first-order valence-corrected chi connectivity index (χ1v) is 5.00. The Bertz CT molecular complexity index is 180. The van der Waals surface area contributed by atoms with E-state index in [1.54, 1.807) is 0 Å². The second-order valence-electron chi connectivity index (χ2n) is 4.25. The van der Waals surface area contributed by atoms with Crippen molar-refractivity contribution in [2.24, 2.45) is 17.6 Å². The lowest BCUT2D eigenvalue weighted by Crippen LogP contribution is -2.34. The van der Waals surface area contributed by atoms with Gasteiger partial charge in [0.05, 0.1) is 6.10 Å². The molecule has 1 saturated heterocycles. The van der Waals surface area contributed by atoms with Gasteiger partial charge in [-0.05, 0) is 25.2 Å². The molecule has 76 valence electrons. The maximum Gasteiger partial charge on any atom is 0.220 e. The number of hydrogen-bond acceptors (Lipinski definition) is 2. The summed E-state index contributed by atoms with van der Waals surface area (Å²) in [7, 11) is 0. The second kappa shape index (κ2) is 4.61. The highest BCUT2D eigenvalue weighted by molar-refractivity contribution is 5.76. The van der Waals surface area contributed by atoms with Crippen molar-refractivity contribution in [3.63, 3.8) is 0 Å². The molecule has 0 radical (unpaired) electrons. The lowest BCUT2D eigenvalue weighted by atomic mass is 9.91. The van der Waals surface area contributed by atoms with Gasteiger partial charge >= 0.3 is 0 Å². The second-order valence-corrected chi connectivity index (χ2v) is 4.25. The van der Waals surface area contributed by atoms with Crippen molar-refractivity contribution in [3.8, 4) is 0 Å². The Morgan fingerprint density at radius 2 is 2.31 bits per heavy atom. The molecule has 0 saturated carbocycles. The zero-order valence-corrected chi connectivity index (χ0v) is 8.45. The summed E-state index contributed by atoms with van der Waals surface area (Å²) in [5.41, 5.74) is 5.27. The molecule has 0 aliphatic carbocycles. The van der Waals surface area contributed by atoms with Gasteiger partial charge in [-0.1, -0.05) is 13.8 Å². The van der Waals surface area contributed by atoms with Gasteiger partial charge in [-0.15, -0.1) is 0 Å². The van der Waals surface area contributed by atoms with E-state index in [1.807, 2.05) is 0 Å². The fraction of sp³-hybridized carbons (Fsp3) is 0.900. The largest absolute Gasteiger partial charge is 0.378 e. The average Bonchev–Trinajstić information content (AvgIpc) is 2.03. The van der Waals surface area contributed by atoms with Crippen LogP contribution < -0.4 is 5.73 Å². The molecule has 0 aromatic carbocycles. The highest BCUT2D eigenvalue weighted by atomic mass is 16.5. The van der Waals surface area contributed by atoms with Crippen LogP contribution in [-0.2, 0) is 9.53 Å². The summed E-state index contributed by atoms with van der Waals surface area (Å²) in [4.78, 5) is 11.0. The molecule has 2 N–H and O–H groups in total. The SMILES string of the molecule is CC(C)CC1CC(C(N)=O)CCO1. The van der Waals surface area contributed by atoms with Crippen LogP contribution in [0.2, 0.25) is 0 Å². The molecule has 1 amide bonds. The third kappa shape index (κ3) is 3.35. The van der Waals surface area contributed by atoms with Gasteiger partial charge in [0.2, 0.25) is 5.91 Å². The summed E-state index contributed by atoms with van der Waals surface area (Å²) in [6.45, 7) is 5.01. The van der Waals surface area contributed by atoms with Gasteiger partial charge in [0.1, 0.15) is 0 Å². The molecule has 0 aromatic rings. The minimum absolute atomic E-state index is 0.0394. The zero-order valence-electron chi connectivity index (χ0n) is 8.45. The zero-order chi connectivity index (χ0) is 9.84. The minimum atomic E-state index is -0.169. The number of rotatable bonds is 3. The van der Waals surface area contributed by atoms with Gasteiger partial charge in [0.25, 0.3) is 0 Å². The summed E-state index contributed by atoms with van der Waals surface area (Å²) in [6.07, 6.45) is 2.88. The first kappa shape index (κ1) is 10.5. The predicted molar refractivity (Wildman–Crippen MR) is 51.1 cm³/mol. The third-order valence-corrected chi connectivity index (χ3v) is 2.50. The Kier molecular flexibility index (Phi) is 3.72. The van der Waals surface area contributed by atoms with Crippen molar-refractivity contribution in [2.45, 2.75) is 39.2 Å². The Morgan fingerprint density at radius 1 is 1.62 bits per heavy atom. The summed E-state index contributed by atoms with van der Waals surface area (Å²) < 4.78 is 5.56. The van der Waals surface area contributed by atoms with E-state index in [4.69, 9.17) is 10.5 Å². The van der Waals surface area contributed by atoms with E-state index in [1.165, 1.54) is 0 Å². The van der Waals surface area contributed by atoms with E-state index in [2.05, 4.69) is 13.8 Å². The van der Waals surface area contributed by atoms with Gasteiger partial charge < -0.3 is 10.5 Å². The van der Waals surface area contributed by atoms with Crippen LogP contribution in [0.3, 0.4) is 0 Å². The predicted octanol–water partition coefficient (Wildman–Crippen LogP) is 1.31. The summed E-state index contributed by atoms with van der Waals surface area (Å²) in [5, 5.41) is 0. The molecule has 1 heterocycles. The lowest BCUT2D eigenvalue weighted by Gasteiger charge is -2.28. The van der Waals surface area contributed by atoms with Gasteiger partial charge in [-0.2, -0.15) is 0 Å². The van der Waals surface area contributed by atoms with E-state index in [0.29, 0.717) is 12.5 Å². The van der Waals surface area contributed by atoms with Crippen LogP contribution in [-0.4, -0.2) is 18.6 Å². The van der Waals surface area contributed by atoms with E-state index in [9.17, 15) is 4.79 Å². The number of primary amides is 1. The molecule has 1 aliphatic heterocycles. The Labute approximate surface area is 79.6 Å². The Balaban J connectivity index is 2.37. The molecule has 13 heavy (non-hydrogen) atoms. The molecule has 0 aromatic heterocycles. The van der Waals surface area contributed by atoms with Gasteiger partial charge in [0, 0.05) is 12.5 Å². The topological polar surface area (TPSA) is 52.3 Å². The quantitative estimate of drug-likeness (QED) is 0.720. The molecule has 1 aliphatic rings. The molecule has 3 heteroatoms. The fourth-order valence-electron chi connectivity index (χ4n) is 1.83. The lowest BCUT2D eigenvalue weighted by molar-refractivity contribution is -0.127. The number of carbonyl (C=O) groups is 1. The monoisotopic (exact) mass is 185 g/mol. The van der Waals surface area contributed by atoms with Crippen LogP contribution in [0.15, 0.2) is 0 Å². The average molecular weight is 185 g/mol. The summed E-state index contributed by atoms with van der Waals surface area (Å²) >= 11 is 0. The molecular weight excluding hydrogens is 166 g/mol. The van der Waals surface area contributed by atoms with E-state index in [0.717, 1.165) is 19.3 Å². The van der Waals surface area contributed by atoms with Crippen LogP contribution in [0.1, 0.15) is 33.1 Å². The fourth-order valence-corrected chi connectivity index (χ4v) is 1.83. The number of ether oxygens (including phenoxy) is 1. The van der Waals surface area contributed by atoms with Crippen LogP contribution in [0, 0.1) is 11.8 Å². The van der Waals surface area contributed by atoms with Crippen molar-refractivity contribution >= 4 is 5.91 Å². The molecule has 1 rings (SSSR count). The maximum atomic E-state index is 11.0. The number of nitrogens with two attached hydrogens (primary N) is 1. The number of hydrogen-bond donors (Lipinski definition) is 1. The smallest absolute Gasteiger partial charge is 0.220 e. The molecule has 3 nitrogen and oxygen atoms in total. The van der Waals surface area contributed by atoms with E-state index >= 15 is 0 Å². The Hall–Kier alpha value is -0.570. The molecule has 1 fully saturated rings. The van der Waals surface area contributed by atoms with Crippen molar-refractivity contribution in [3.05, 3.63) is 0 Å². The van der Waals surface area contributed by atoms with Gasteiger partial charge in [-0.25, -0.2) is 0 Å². The number of carbonyl (C=O) groups excluding carboxylic acids is 1. The summed E-state index contributed by atoms with van der Waals surface area (Å²) in [6, 6.07) is 0. The van der Waals surface area contributed by atoms with Crippen LogP contribution >= 0.6 is 0 Å². The van der Waals surface area contributed by atoms with Crippen LogP contribution in [0.5, 0.6) is 0 Å². The van der Waals surface area contributed by atoms with Crippen LogP contribution in [0.25, 0.3) is 0 Å². The summed E-state index contributed by atoms with van der Waals surface area (Å²) in [5.74, 6) is 0.492. The van der Waals surface area contributed by atoms with Gasteiger partial charge in [-0.3, -0.25) is 4.79 Å². The molecule has 2 atom stereocenters. The molecule has 0 spiro atoms. The normalized spacial score (nSPS) is 29.2. The van der Waals surface area contributed by atoms with Crippen molar-refractivity contribution in [1.29, 1.82) is 0 Å². The maximum absolute atomic E-state index is 11.0. The first-order chi connectivity index (χ1) is 6.09. The van der Waals surface area contributed by atoms with Crippen molar-refractivity contribution in [1.82, 2.24) is 0 Å². The standard InChI is InChI=1S/C10H19NO2/c1-7(2)5-9-6-8(10(11)12)3-4-13-9/h7-9H,3-6H2,1-2H3,(H2,11,12). The van der Waals surface area contributed by atoms with E-state index in [-0.39, 0.29) is 17.9 Å². The highest BCUT2D eigenvalue weighted by Gasteiger charge is 2.26.